The normalized spacial score (nSPS) is 16.8. The number of aromatic nitrogens is 1. The van der Waals surface area contributed by atoms with Gasteiger partial charge in [-0.15, -0.1) is 28.3 Å². The fourth-order valence-electron chi connectivity index (χ4n) is 1.29. The van der Waals surface area contributed by atoms with Gasteiger partial charge in [-0.05, 0) is 23.0 Å². The SMILES string of the molecule is Br.CN1CCc2nc(Br)sc2C1. The summed E-state index contributed by atoms with van der Waals surface area (Å²) in [6, 6.07) is 0. The molecular weight excluding hydrogens is 304 g/mol. The van der Waals surface area contributed by atoms with Crippen molar-refractivity contribution in [1.29, 1.82) is 0 Å². The van der Waals surface area contributed by atoms with E-state index in [1.807, 2.05) is 0 Å². The van der Waals surface area contributed by atoms with Gasteiger partial charge in [-0.2, -0.15) is 0 Å². The lowest BCUT2D eigenvalue weighted by Crippen LogP contribution is -2.25. The molecule has 0 N–H and O–H groups in total. The van der Waals surface area contributed by atoms with Crippen molar-refractivity contribution in [2.45, 2.75) is 13.0 Å². The van der Waals surface area contributed by atoms with Crippen LogP contribution in [-0.4, -0.2) is 23.5 Å². The number of halogens is 2. The Hall–Kier alpha value is 0.550. The van der Waals surface area contributed by atoms with Gasteiger partial charge in [0.2, 0.25) is 0 Å². The maximum Gasteiger partial charge on any atom is 0.159 e. The van der Waals surface area contributed by atoms with Crippen molar-refractivity contribution < 1.29 is 0 Å². The number of hydrogen-bond acceptors (Lipinski definition) is 3. The molecule has 2 heterocycles. The van der Waals surface area contributed by atoms with Gasteiger partial charge in [0.05, 0.1) is 5.69 Å². The minimum absolute atomic E-state index is 0. The molecule has 5 heteroatoms. The molecule has 0 aromatic carbocycles. The van der Waals surface area contributed by atoms with Gasteiger partial charge >= 0.3 is 0 Å². The van der Waals surface area contributed by atoms with Crippen LogP contribution in [0.5, 0.6) is 0 Å². The van der Waals surface area contributed by atoms with Crippen molar-refractivity contribution >= 4 is 44.2 Å². The molecule has 0 aliphatic carbocycles. The molecule has 12 heavy (non-hydrogen) atoms. The van der Waals surface area contributed by atoms with Gasteiger partial charge in [0, 0.05) is 24.4 Å². The molecule has 0 bridgehead atoms. The van der Waals surface area contributed by atoms with E-state index in [0.717, 1.165) is 23.4 Å². The van der Waals surface area contributed by atoms with Crippen molar-refractivity contribution in [2.24, 2.45) is 0 Å². The monoisotopic (exact) mass is 312 g/mol. The Balaban J connectivity index is 0.000000720. The van der Waals surface area contributed by atoms with E-state index in [4.69, 9.17) is 0 Å². The van der Waals surface area contributed by atoms with Gasteiger partial charge in [0.25, 0.3) is 0 Å². The first-order chi connectivity index (χ1) is 5.25. The van der Waals surface area contributed by atoms with E-state index in [2.05, 4.69) is 32.9 Å². The molecule has 0 saturated heterocycles. The van der Waals surface area contributed by atoms with E-state index < -0.39 is 0 Å². The van der Waals surface area contributed by atoms with Gasteiger partial charge in [-0.25, -0.2) is 4.98 Å². The molecule has 1 aromatic heterocycles. The van der Waals surface area contributed by atoms with Crippen LogP contribution in [0, 0.1) is 0 Å². The van der Waals surface area contributed by atoms with E-state index in [0.29, 0.717) is 0 Å². The number of hydrogen-bond donors (Lipinski definition) is 0. The zero-order valence-corrected chi connectivity index (χ0v) is 10.8. The Morgan fingerprint density at radius 3 is 3.08 bits per heavy atom. The highest BCUT2D eigenvalue weighted by molar-refractivity contribution is 9.11. The molecule has 1 aliphatic heterocycles. The summed E-state index contributed by atoms with van der Waals surface area (Å²) in [5, 5.41) is 0. The topological polar surface area (TPSA) is 16.1 Å². The van der Waals surface area contributed by atoms with Crippen molar-refractivity contribution in [1.82, 2.24) is 9.88 Å². The zero-order chi connectivity index (χ0) is 7.84. The molecule has 0 atom stereocenters. The quantitative estimate of drug-likeness (QED) is 0.731. The van der Waals surface area contributed by atoms with Crippen molar-refractivity contribution in [3.8, 4) is 0 Å². The van der Waals surface area contributed by atoms with Gasteiger partial charge in [0.15, 0.2) is 3.92 Å². The lowest BCUT2D eigenvalue weighted by Gasteiger charge is -2.20. The smallest absolute Gasteiger partial charge is 0.159 e. The highest BCUT2D eigenvalue weighted by Gasteiger charge is 2.16. The van der Waals surface area contributed by atoms with Crippen molar-refractivity contribution in [3.05, 3.63) is 14.5 Å². The molecule has 0 unspecified atom stereocenters. The largest absolute Gasteiger partial charge is 0.301 e. The van der Waals surface area contributed by atoms with Crippen molar-refractivity contribution in [2.75, 3.05) is 13.6 Å². The number of rotatable bonds is 0. The first-order valence-electron chi connectivity index (χ1n) is 3.58. The Morgan fingerprint density at radius 2 is 2.33 bits per heavy atom. The van der Waals surface area contributed by atoms with E-state index in [-0.39, 0.29) is 17.0 Å². The second kappa shape index (κ2) is 4.17. The Kier molecular flexibility index (Phi) is 3.70. The van der Waals surface area contributed by atoms with Crippen LogP contribution in [0.2, 0.25) is 0 Å². The summed E-state index contributed by atoms with van der Waals surface area (Å²) in [4.78, 5) is 8.14. The molecule has 2 nitrogen and oxygen atoms in total. The fraction of sp³-hybridized carbons (Fsp3) is 0.571. The van der Waals surface area contributed by atoms with Gasteiger partial charge < -0.3 is 4.90 Å². The predicted molar refractivity (Wildman–Crippen MR) is 60.2 cm³/mol. The van der Waals surface area contributed by atoms with Crippen LogP contribution in [0.1, 0.15) is 10.6 Å². The Morgan fingerprint density at radius 1 is 1.58 bits per heavy atom. The minimum Gasteiger partial charge on any atom is -0.301 e. The summed E-state index contributed by atoms with van der Waals surface area (Å²) in [6.07, 6.45) is 1.11. The molecule has 0 amide bonds. The molecule has 0 fully saturated rings. The fourth-order valence-corrected chi connectivity index (χ4v) is 3.00. The number of fused-ring (bicyclic) bond motifs is 1. The van der Waals surface area contributed by atoms with Crippen LogP contribution < -0.4 is 0 Å². The summed E-state index contributed by atoms with van der Waals surface area (Å²) >= 11 is 5.16. The van der Waals surface area contributed by atoms with Gasteiger partial charge in [-0.1, -0.05) is 0 Å². The maximum absolute atomic E-state index is 4.39. The summed E-state index contributed by atoms with van der Waals surface area (Å²) in [7, 11) is 2.15. The Bertz CT molecular complexity index is 274. The third kappa shape index (κ3) is 2.07. The minimum atomic E-state index is 0. The number of likely N-dealkylation sites (N-methyl/N-ethyl adjacent to an activating group) is 1. The maximum atomic E-state index is 4.39. The predicted octanol–water partition coefficient (Wildman–Crippen LogP) is 2.47. The van der Waals surface area contributed by atoms with Crippen molar-refractivity contribution in [3.63, 3.8) is 0 Å². The van der Waals surface area contributed by atoms with Crippen LogP contribution >= 0.6 is 44.2 Å². The first kappa shape index (κ1) is 10.6. The second-order valence-electron chi connectivity index (χ2n) is 2.82. The summed E-state index contributed by atoms with van der Waals surface area (Å²) in [5.74, 6) is 0. The molecule has 1 aromatic rings. The lowest BCUT2D eigenvalue weighted by molar-refractivity contribution is 0.314. The lowest BCUT2D eigenvalue weighted by atomic mass is 10.2. The van der Waals surface area contributed by atoms with E-state index in [1.165, 1.54) is 10.6 Å². The summed E-state index contributed by atoms with van der Waals surface area (Å²) in [5.41, 5.74) is 1.29. The summed E-state index contributed by atoms with van der Waals surface area (Å²) < 4.78 is 1.03. The van der Waals surface area contributed by atoms with E-state index >= 15 is 0 Å². The number of thiazole rings is 1. The third-order valence-corrected chi connectivity index (χ3v) is 3.43. The standard InChI is InChI=1S/C7H9BrN2S.BrH/c1-10-3-2-5-6(4-10)11-7(8)9-5;/h2-4H2,1H3;1H. The molecule has 2 rings (SSSR count). The summed E-state index contributed by atoms with van der Waals surface area (Å²) in [6.45, 7) is 2.21. The molecular formula is C7H10Br2N2S. The highest BCUT2D eigenvalue weighted by atomic mass is 79.9. The zero-order valence-electron chi connectivity index (χ0n) is 6.71. The number of nitrogens with zero attached hydrogens (tertiary/aromatic N) is 2. The van der Waals surface area contributed by atoms with Gasteiger partial charge in [-0.3, -0.25) is 0 Å². The third-order valence-electron chi connectivity index (χ3n) is 1.90. The van der Waals surface area contributed by atoms with Crippen LogP contribution in [0.3, 0.4) is 0 Å². The molecule has 0 spiro atoms. The van der Waals surface area contributed by atoms with E-state index in [1.54, 1.807) is 11.3 Å². The molecule has 68 valence electrons. The molecule has 0 radical (unpaired) electrons. The average molecular weight is 314 g/mol. The van der Waals surface area contributed by atoms with Crippen LogP contribution in [0.25, 0.3) is 0 Å². The van der Waals surface area contributed by atoms with E-state index in [9.17, 15) is 0 Å². The Labute approximate surface area is 94.9 Å². The van der Waals surface area contributed by atoms with Crippen LogP contribution in [-0.2, 0) is 13.0 Å². The van der Waals surface area contributed by atoms with Crippen LogP contribution in [0.4, 0.5) is 0 Å². The van der Waals surface area contributed by atoms with Gasteiger partial charge in [0.1, 0.15) is 0 Å². The second-order valence-corrected chi connectivity index (χ2v) is 5.18. The highest BCUT2D eigenvalue weighted by Crippen LogP contribution is 2.27. The molecule has 0 saturated carbocycles. The first-order valence-corrected chi connectivity index (χ1v) is 5.19. The average Bonchev–Trinajstić information content (AvgIpc) is 2.27. The molecule has 1 aliphatic rings. The van der Waals surface area contributed by atoms with Crippen LogP contribution in [0.15, 0.2) is 3.92 Å².